The molecule has 9 nitrogen and oxygen atoms in total. The van der Waals surface area contributed by atoms with Crippen LogP contribution in [0.2, 0.25) is 0 Å². The van der Waals surface area contributed by atoms with E-state index in [1.807, 2.05) is 45.0 Å². The Hall–Kier alpha value is -3.30. The Morgan fingerprint density at radius 3 is 2.71 bits per heavy atom. The highest BCUT2D eigenvalue weighted by molar-refractivity contribution is 5.62. The first-order valence-electron chi connectivity index (χ1n) is 11.6. The number of anilines is 1. The molecule has 1 aliphatic rings. The van der Waals surface area contributed by atoms with Crippen molar-refractivity contribution in [2.45, 2.75) is 38.8 Å². The molecule has 2 N–H and O–H groups in total. The minimum absolute atomic E-state index is 0.158. The third kappa shape index (κ3) is 4.17. The molecule has 0 bridgehead atoms. The first-order chi connectivity index (χ1) is 16.4. The molecule has 4 rings (SSSR count). The van der Waals surface area contributed by atoms with Gasteiger partial charge in [0, 0.05) is 44.6 Å². The summed E-state index contributed by atoms with van der Waals surface area (Å²) in [5.74, 6) is 1.09. The van der Waals surface area contributed by atoms with Crippen LogP contribution in [0, 0.1) is 6.92 Å². The second-order valence-electron chi connectivity index (χ2n) is 8.35. The van der Waals surface area contributed by atoms with Crippen LogP contribution < -0.4 is 20.9 Å². The maximum absolute atomic E-state index is 13.7. The van der Waals surface area contributed by atoms with Gasteiger partial charge in [0.25, 0.3) is 5.56 Å². The summed E-state index contributed by atoms with van der Waals surface area (Å²) < 4.78 is 12.9. The van der Waals surface area contributed by atoms with Crippen LogP contribution in [-0.4, -0.2) is 52.4 Å². The highest BCUT2D eigenvalue weighted by Crippen LogP contribution is 2.34. The molecular formula is C25H32N6O3. The summed E-state index contributed by atoms with van der Waals surface area (Å²) in [5, 5.41) is 6.98. The van der Waals surface area contributed by atoms with Crippen LogP contribution in [0.3, 0.4) is 0 Å². The van der Waals surface area contributed by atoms with Gasteiger partial charge in [-0.25, -0.2) is 9.97 Å². The monoisotopic (exact) mass is 464 g/mol. The molecule has 2 atom stereocenters. The number of ether oxygens (including phenoxy) is 2. The summed E-state index contributed by atoms with van der Waals surface area (Å²) in [6.07, 6.45) is 2.15. The van der Waals surface area contributed by atoms with Crippen molar-refractivity contribution in [3.05, 3.63) is 64.0 Å². The fourth-order valence-corrected chi connectivity index (χ4v) is 4.54. The Morgan fingerprint density at radius 2 is 2.06 bits per heavy atom. The molecule has 34 heavy (non-hydrogen) atoms. The highest BCUT2D eigenvalue weighted by Gasteiger charge is 2.47. The molecule has 3 aromatic rings. The number of hydrogen-bond acceptors (Lipinski definition) is 8. The Morgan fingerprint density at radius 1 is 1.24 bits per heavy atom. The van der Waals surface area contributed by atoms with E-state index in [9.17, 15) is 4.79 Å². The van der Waals surface area contributed by atoms with Gasteiger partial charge in [0.05, 0.1) is 30.3 Å². The van der Waals surface area contributed by atoms with Crippen molar-refractivity contribution in [1.29, 1.82) is 0 Å². The van der Waals surface area contributed by atoms with Gasteiger partial charge in [-0.05, 0) is 38.5 Å². The van der Waals surface area contributed by atoms with Crippen molar-refractivity contribution in [2.75, 3.05) is 32.1 Å². The average Bonchev–Trinajstić information content (AvgIpc) is 3.26. The van der Waals surface area contributed by atoms with Crippen molar-refractivity contribution in [1.82, 2.24) is 24.8 Å². The topological polar surface area (TPSA) is 103 Å². The van der Waals surface area contributed by atoms with Crippen molar-refractivity contribution in [2.24, 2.45) is 7.05 Å². The van der Waals surface area contributed by atoms with E-state index in [4.69, 9.17) is 14.5 Å². The molecular weight excluding hydrogens is 432 g/mol. The van der Waals surface area contributed by atoms with Gasteiger partial charge in [0.1, 0.15) is 17.1 Å². The minimum atomic E-state index is -0.700. The first kappa shape index (κ1) is 23.8. The molecule has 1 fully saturated rings. The molecule has 180 valence electrons. The summed E-state index contributed by atoms with van der Waals surface area (Å²) in [6, 6.07) is 9.46. The molecule has 4 heterocycles. The number of hydrogen-bond donors (Lipinski definition) is 2. The SMILES string of the molecule is CCO[C@H]1CNC[C@@]1(Nc1c(CC)nc(-c2ccc(OC)nc2C)n(C)c1=O)c1ccccn1. The number of pyridine rings is 2. The predicted molar refractivity (Wildman–Crippen MR) is 131 cm³/mol. The maximum atomic E-state index is 13.7. The summed E-state index contributed by atoms with van der Waals surface area (Å²) in [4.78, 5) is 27.7. The van der Waals surface area contributed by atoms with Crippen LogP contribution in [0.4, 0.5) is 5.69 Å². The summed E-state index contributed by atoms with van der Waals surface area (Å²) in [7, 11) is 3.31. The quantitative estimate of drug-likeness (QED) is 0.524. The molecule has 9 heteroatoms. The van der Waals surface area contributed by atoms with Gasteiger partial charge < -0.3 is 20.1 Å². The van der Waals surface area contributed by atoms with E-state index in [0.717, 1.165) is 17.0 Å². The molecule has 0 spiro atoms. The lowest BCUT2D eigenvalue weighted by Gasteiger charge is -2.36. The van der Waals surface area contributed by atoms with Crippen LogP contribution in [0.1, 0.15) is 30.9 Å². The lowest BCUT2D eigenvalue weighted by atomic mass is 9.90. The lowest BCUT2D eigenvalue weighted by Crippen LogP contribution is -2.49. The van der Waals surface area contributed by atoms with Gasteiger partial charge in [-0.3, -0.25) is 14.3 Å². The van der Waals surface area contributed by atoms with Gasteiger partial charge >= 0.3 is 0 Å². The third-order valence-corrected chi connectivity index (χ3v) is 6.33. The van der Waals surface area contributed by atoms with Crippen LogP contribution in [0.5, 0.6) is 5.88 Å². The van der Waals surface area contributed by atoms with E-state index in [-0.39, 0.29) is 11.7 Å². The molecule has 0 saturated carbocycles. The van der Waals surface area contributed by atoms with Crippen LogP contribution >= 0.6 is 0 Å². The van der Waals surface area contributed by atoms with Crippen molar-refractivity contribution < 1.29 is 9.47 Å². The third-order valence-electron chi connectivity index (χ3n) is 6.33. The molecule has 0 aromatic carbocycles. The molecule has 0 unspecified atom stereocenters. The second-order valence-corrected chi connectivity index (χ2v) is 8.35. The normalized spacial score (nSPS) is 19.9. The Balaban J connectivity index is 1.84. The van der Waals surface area contributed by atoms with E-state index in [1.165, 1.54) is 0 Å². The predicted octanol–water partition coefficient (Wildman–Crippen LogP) is 2.43. The first-order valence-corrected chi connectivity index (χ1v) is 11.6. The smallest absolute Gasteiger partial charge is 0.277 e. The second kappa shape index (κ2) is 9.90. The zero-order valence-corrected chi connectivity index (χ0v) is 20.4. The highest BCUT2D eigenvalue weighted by atomic mass is 16.5. The molecule has 1 saturated heterocycles. The number of aromatic nitrogens is 4. The lowest BCUT2D eigenvalue weighted by molar-refractivity contribution is 0.0384. The Labute approximate surface area is 199 Å². The average molecular weight is 465 g/mol. The minimum Gasteiger partial charge on any atom is -0.481 e. The van der Waals surface area contributed by atoms with Crippen LogP contribution in [0.15, 0.2) is 41.3 Å². The number of aryl methyl sites for hydroxylation is 2. The summed E-state index contributed by atoms with van der Waals surface area (Å²) >= 11 is 0. The Bertz CT molecular complexity index is 1210. The zero-order valence-electron chi connectivity index (χ0n) is 20.4. The van der Waals surface area contributed by atoms with E-state index < -0.39 is 5.54 Å². The van der Waals surface area contributed by atoms with E-state index >= 15 is 0 Å². The van der Waals surface area contributed by atoms with E-state index in [0.29, 0.717) is 49.2 Å². The fourth-order valence-electron chi connectivity index (χ4n) is 4.54. The van der Waals surface area contributed by atoms with Gasteiger partial charge in [-0.2, -0.15) is 0 Å². The van der Waals surface area contributed by atoms with Gasteiger partial charge in [-0.15, -0.1) is 0 Å². The Kier molecular flexibility index (Phi) is 6.95. The molecule has 3 aromatic heterocycles. The van der Waals surface area contributed by atoms with E-state index in [2.05, 4.69) is 20.6 Å². The fraction of sp³-hybridized carbons (Fsp3) is 0.440. The molecule has 0 amide bonds. The van der Waals surface area contributed by atoms with Gasteiger partial charge in [0.15, 0.2) is 0 Å². The number of nitrogens with zero attached hydrogens (tertiary/aromatic N) is 4. The van der Waals surface area contributed by atoms with Gasteiger partial charge in [0.2, 0.25) is 5.88 Å². The standard InChI is InChI=1S/C25H32N6O3/c1-6-18-22(24(32)31(4)23(29-18)17-11-12-21(33-5)28-16(17)3)30-25(19-10-8-9-13-27-19)15-26-14-20(25)34-7-2/h8-13,20,26,30H,6-7,14-15H2,1-5H3/t20-,25+/m0/s1. The number of nitrogens with one attached hydrogen (secondary N) is 2. The van der Waals surface area contributed by atoms with Crippen molar-refractivity contribution >= 4 is 5.69 Å². The largest absolute Gasteiger partial charge is 0.481 e. The zero-order chi connectivity index (χ0) is 24.3. The summed E-state index contributed by atoms with van der Waals surface area (Å²) in [6.45, 7) is 7.64. The van der Waals surface area contributed by atoms with Gasteiger partial charge in [-0.1, -0.05) is 13.0 Å². The van der Waals surface area contributed by atoms with Crippen molar-refractivity contribution in [3.63, 3.8) is 0 Å². The van der Waals surface area contributed by atoms with Crippen molar-refractivity contribution in [3.8, 4) is 17.3 Å². The number of rotatable bonds is 8. The molecule has 1 aliphatic heterocycles. The van der Waals surface area contributed by atoms with Crippen LogP contribution in [0.25, 0.3) is 11.4 Å². The molecule has 0 aliphatic carbocycles. The molecule has 0 radical (unpaired) electrons. The van der Waals surface area contributed by atoms with Crippen LogP contribution in [-0.2, 0) is 23.7 Å². The summed E-state index contributed by atoms with van der Waals surface area (Å²) in [5.41, 5.74) is 2.64. The number of methoxy groups -OCH3 is 1. The van der Waals surface area contributed by atoms with E-state index in [1.54, 1.807) is 31.0 Å². The maximum Gasteiger partial charge on any atom is 0.277 e.